The molecule has 1 heterocycles. The third kappa shape index (κ3) is 4.12. The summed E-state index contributed by atoms with van der Waals surface area (Å²) in [6.07, 6.45) is 1.66. The largest absolute Gasteiger partial charge is 0.487 e. The maximum absolute atomic E-state index is 10.2. The minimum atomic E-state index is -0.378. The van der Waals surface area contributed by atoms with E-state index in [0.29, 0.717) is 0 Å². The number of hydrogen-bond donors (Lipinski definition) is 1. The molecule has 1 N–H and O–H groups in total. The Balaban J connectivity index is 1.41. The average molecular weight is 311 g/mol. The number of likely N-dealkylation sites (tertiary alicyclic amines) is 1. The molecule has 0 saturated carbocycles. The SMILES string of the molecule is CCc1ccccc1OC1CN(CC[C@@H](O)c2ccccc2)C1. The lowest BCUT2D eigenvalue weighted by molar-refractivity contribution is 0.0100. The molecule has 23 heavy (non-hydrogen) atoms. The maximum atomic E-state index is 10.2. The Kier molecular flexibility index (Phi) is 5.31. The Labute approximate surface area is 138 Å². The summed E-state index contributed by atoms with van der Waals surface area (Å²) in [5, 5.41) is 10.2. The van der Waals surface area contributed by atoms with Gasteiger partial charge in [-0.2, -0.15) is 0 Å². The van der Waals surface area contributed by atoms with Crippen molar-refractivity contribution >= 4 is 0 Å². The Morgan fingerprint density at radius 1 is 1.09 bits per heavy atom. The van der Waals surface area contributed by atoms with Gasteiger partial charge in [0.15, 0.2) is 0 Å². The van der Waals surface area contributed by atoms with Gasteiger partial charge in [-0.05, 0) is 30.0 Å². The van der Waals surface area contributed by atoms with Crippen LogP contribution in [0, 0.1) is 0 Å². The second-order valence-electron chi connectivity index (χ2n) is 6.18. The minimum absolute atomic E-state index is 0.275. The summed E-state index contributed by atoms with van der Waals surface area (Å²) in [4.78, 5) is 2.34. The molecule has 1 aliphatic rings. The fourth-order valence-electron chi connectivity index (χ4n) is 3.02. The molecule has 0 bridgehead atoms. The summed E-state index contributed by atoms with van der Waals surface area (Å²) in [5.41, 5.74) is 2.27. The lowest BCUT2D eigenvalue weighted by Gasteiger charge is -2.39. The molecule has 0 unspecified atom stereocenters. The molecule has 1 fully saturated rings. The van der Waals surface area contributed by atoms with Crippen LogP contribution in [-0.4, -0.2) is 35.7 Å². The zero-order valence-corrected chi connectivity index (χ0v) is 13.7. The van der Waals surface area contributed by atoms with Gasteiger partial charge in [-0.15, -0.1) is 0 Å². The molecule has 1 atom stereocenters. The highest BCUT2D eigenvalue weighted by Crippen LogP contribution is 2.24. The summed E-state index contributed by atoms with van der Waals surface area (Å²) in [7, 11) is 0. The molecule has 3 rings (SSSR count). The van der Waals surface area contributed by atoms with Crippen LogP contribution in [-0.2, 0) is 6.42 Å². The fraction of sp³-hybridized carbons (Fsp3) is 0.400. The zero-order valence-electron chi connectivity index (χ0n) is 13.7. The highest BCUT2D eigenvalue weighted by molar-refractivity contribution is 5.33. The van der Waals surface area contributed by atoms with E-state index in [4.69, 9.17) is 4.74 Å². The normalized spacial score (nSPS) is 16.8. The first-order valence-corrected chi connectivity index (χ1v) is 8.46. The van der Waals surface area contributed by atoms with Gasteiger partial charge in [-0.1, -0.05) is 55.5 Å². The summed E-state index contributed by atoms with van der Waals surface area (Å²) < 4.78 is 6.09. The summed E-state index contributed by atoms with van der Waals surface area (Å²) in [6, 6.07) is 18.1. The van der Waals surface area contributed by atoms with Crippen molar-refractivity contribution in [1.29, 1.82) is 0 Å². The van der Waals surface area contributed by atoms with Gasteiger partial charge >= 0.3 is 0 Å². The molecule has 0 spiro atoms. The van der Waals surface area contributed by atoms with Gasteiger partial charge < -0.3 is 9.84 Å². The van der Waals surface area contributed by atoms with E-state index in [1.54, 1.807) is 0 Å². The molecule has 0 aromatic heterocycles. The lowest BCUT2D eigenvalue weighted by Crippen LogP contribution is -2.54. The van der Waals surface area contributed by atoms with Crippen LogP contribution in [0.1, 0.15) is 30.6 Å². The van der Waals surface area contributed by atoms with E-state index < -0.39 is 0 Å². The molecule has 0 aliphatic carbocycles. The summed E-state index contributed by atoms with van der Waals surface area (Å²) in [5.74, 6) is 1.02. The second-order valence-corrected chi connectivity index (χ2v) is 6.18. The molecule has 1 aliphatic heterocycles. The first-order chi connectivity index (χ1) is 11.3. The Morgan fingerprint density at radius 3 is 2.52 bits per heavy atom. The van der Waals surface area contributed by atoms with Gasteiger partial charge in [-0.25, -0.2) is 0 Å². The van der Waals surface area contributed by atoms with Crippen molar-refractivity contribution in [2.75, 3.05) is 19.6 Å². The van der Waals surface area contributed by atoms with Crippen molar-refractivity contribution in [2.24, 2.45) is 0 Å². The maximum Gasteiger partial charge on any atom is 0.124 e. The predicted molar refractivity (Wildman–Crippen MR) is 92.7 cm³/mol. The van der Waals surface area contributed by atoms with E-state index in [2.05, 4.69) is 30.0 Å². The topological polar surface area (TPSA) is 32.7 Å². The van der Waals surface area contributed by atoms with E-state index in [9.17, 15) is 5.11 Å². The molecule has 0 amide bonds. The van der Waals surface area contributed by atoms with Crippen molar-refractivity contribution in [3.05, 3.63) is 65.7 Å². The third-order valence-electron chi connectivity index (χ3n) is 4.47. The van der Waals surface area contributed by atoms with Crippen molar-refractivity contribution < 1.29 is 9.84 Å². The highest BCUT2D eigenvalue weighted by Gasteiger charge is 2.28. The van der Waals surface area contributed by atoms with E-state index in [0.717, 1.165) is 43.8 Å². The number of para-hydroxylation sites is 1. The second kappa shape index (κ2) is 7.62. The van der Waals surface area contributed by atoms with E-state index in [-0.39, 0.29) is 12.2 Å². The number of nitrogens with zero attached hydrogens (tertiary/aromatic N) is 1. The van der Waals surface area contributed by atoms with Crippen molar-refractivity contribution in [2.45, 2.75) is 32.0 Å². The molecule has 2 aromatic rings. The minimum Gasteiger partial charge on any atom is -0.487 e. The van der Waals surface area contributed by atoms with Crippen LogP contribution in [0.15, 0.2) is 54.6 Å². The number of aliphatic hydroxyl groups is 1. The number of hydrogen-bond acceptors (Lipinski definition) is 3. The molecule has 3 nitrogen and oxygen atoms in total. The monoisotopic (exact) mass is 311 g/mol. The van der Waals surface area contributed by atoms with Crippen LogP contribution in [0.3, 0.4) is 0 Å². The molecular formula is C20H25NO2. The molecule has 122 valence electrons. The van der Waals surface area contributed by atoms with Crippen LogP contribution in [0.5, 0.6) is 5.75 Å². The first-order valence-electron chi connectivity index (χ1n) is 8.46. The standard InChI is InChI=1S/C20H25NO2/c1-2-16-8-6-7-11-20(16)23-18-14-21(15-18)13-12-19(22)17-9-4-3-5-10-17/h3-11,18-19,22H,2,12-15H2,1H3/t19-/m1/s1. The van der Waals surface area contributed by atoms with Crippen molar-refractivity contribution in [3.8, 4) is 5.75 Å². The first kappa shape index (κ1) is 16.0. The quantitative estimate of drug-likeness (QED) is 0.850. The Bertz CT molecular complexity index is 608. The number of aliphatic hydroxyl groups excluding tert-OH is 1. The Hall–Kier alpha value is -1.84. The average Bonchev–Trinajstić information content (AvgIpc) is 2.57. The van der Waals surface area contributed by atoms with Crippen molar-refractivity contribution in [1.82, 2.24) is 4.90 Å². The number of benzene rings is 2. The van der Waals surface area contributed by atoms with Gasteiger partial charge in [0.2, 0.25) is 0 Å². The smallest absolute Gasteiger partial charge is 0.124 e. The predicted octanol–water partition coefficient (Wildman–Crippen LogP) is 3.44. The van der Waals surface area contributed by atoms with E-state index >= 15 is 0 Å². The van der Waals surface area contributed by atoms with Crippen LogP contribution in [0.2, 0.25) is 0 Å². The van der Waals surface area contributed by atoms with Gasteiger partial charge in [-0.3, -0.25) is 4.90 Å². The number of aryl methyl sites for hydroxylation is 1. The van der Waals surface area contributed by atoms with E-state index in [1.165, 1.54) is 5.56 Å². The molecular weight excluding hydrogens is 286 g/mol. The van der Waals surface area contributed by atoms with Gasteiger partial charge in [0.05, 0.1) is 6.10 Å². The molecule has 3 heteroatoms. The highest BCUT2D eigenvalue weighted by atomic mass is 16.5. The fourth-order valence-corrected chi connectivity index (χ4v) is 3.02. The van der Waals surface area contributed by atoms with Crippen LogP contribution >= 0.6 is 0 Å². The van der Waals surface area contributed by atoms with Gasteiger partial charge in [0.25, 0.3) is 0 Å². The number of rotatable bonds is 7. The zero-order chi connectivity index (χ0) is 16.1. The Morgan fingerprint density at radius 2 is 1.78 bits per heavy atom. The third-order valence-corrected chi connectivity index (χ3v) is 4.47. The summed E-state index contributed by atoms with van der Waals surface area (Å²) >= 11 is 0. The van der Waals surface area contributed by atoms with Crippen LogP contribution in [0.25, 0.3) is 0 Å². The van der Waals surface area contributed by atoms with Gasteiger partial charge in [0, 0.05) is 19.6 Å². The molecule has 0 radical (unpaired) electrons. The van der Waals surface area contributed by atoms with Crippen LogP contribution < -0.4 is 4.74 Å². The number of ether oxygens (including phenoxy) is 1. The molecule has 2 aromatic carbocycles. The molecule has 1 saturated heterocycles. The lowest BCUT2D eigenvalue weighted by atomic mass is 10.0. The summed E-state index contributed by atoms with van der Waals surface area (Å²) in [6.45, 7) is 4.95. The van der Waals surface area contributed by atoms with Gasteiger partial charge in [0.1, 0.15) is 11.9 Å². The van der Waals surface area contributed by atoms with Crippen molar-refractivity contribution in [3.63, 3.8) is 0 Å². The van der Waals surface area contributed by atoms with E-state index in [1.807, 2.05) is 36.4 Å². The van der Waals surface area contributed by atoms with Crippen LogP contribution in [0.4, 0.5) is 0 Å².